The van der Waals surface area contributed by atoms with Crippen LogP contribution in [0.2, 0.25) is 0 Å². The zero-order valence-corrected chi connectivity index (χ0v) is 17.1. The molecule has 4 heterocycles. The van der Waals surface area contributed by atoms with Crippen molar-refractivity contribution in [2.45, 2.75) is 18.9 Å². The highest BCUT2D eigenvalue weighted by atomic mass is 19.3. The lowest BCUT2D eigenvalue weighted by atomic mass is 10.0. The van der Waals surface area contributed by atoms with Crippen LogP contribution in [0.1, 0.15) is 22.5 Å². The monoisotopic (exact) mass is 434 g/mol. The molecule has 4 aromatic rings. The molecule has 1 aliphatic rings. The summed E-state index contributed by atoms with van der Waals surface area (Å²) in [4.78, 5) is 22.2. The van der Waals surface area contributed by atoms with Gasteiger partial charge in [-0.25, -0.2) is 13.5 Å². The highest BCUT2D eigenvalue weighted by molar-refractivity contribution is 6.05. The number of hydrogen-bond acceptors (Lipinski definition) is 5. The molecular formula is C23H20F2N6O. The number of nitrogens with two attached hydrogens (primary N) is 1. The van der Waals surface area contributed by atoms with Gasteiger partial charge in [0.2, 0.25) is 0 Å². The van der Waals surface area contributed by atoms with Crippen molar-refractivity contribution in [1.29, 1.82) is 0 Å². The number of nitrogens with zero attached hydrogens (tertiary/aromatic N) is 5. The van der Waals surface area contributed by atoms with Crippen LogP contribution in [-0.2, 0) is 6.54 Å². The molecule has 1 aromatic carbocycles. The quantitative estimate of drug-likeness (QED) is 0.520. The van der Waals surface area contributed by atoms with Crippen LogP contribution in [-0.4, -0.2) is 49.6 Å². The van der Waals surface area contributed by atoms with Crippen molar-refractivity contribution >= 4 is 16.8 Å². The van der Waals surface area contributed by atoms with Gasteiger partial charge >= 0.3 is 0 Å². The Kier molecular flexibility index (Phi) is 4.90. The Morgan fingerprint density at radius 3 is 2.69 bits per heavy atom. The van der Waals surface area contributed by atoms with Gasteiger partial charge in [-0.2, -0.15) is 5.10 Å². The summed E-state index contributed by atoms with van der Waals surface area (Å²) in [5.41, 5.74) is 9.68. The summed E-state index contributed by atoms with van der Waals surface area (Å²) in [5, 5.41) is 5.02. The molecule has 3 aromatic heterocycles. The van der Waals surface area contributed by atoms with E-state index >= 15 is 0 Å². The topological polar surface area (TPSA) is 89.9 Å². The van der Waals surface area contributed by atoms with Crippen molar-refractivity contribution in [3.05, 3.63) is 72.4 Å². The standard InChI is InChI=1S/C23H20F2N6O/c24-23(25)5-7-30(14-23)13-15-8-17(11-28-10-15)16-3-4-20-19(9-16)21(22(26)32)29-31(20)18-2-1-6-27-12-18/h1-4,6,8-12H,5,7,13-14H2,(H2,26,32). The summed E-state index contributed by atoms with van der Waals surface area (Å²) in [6, 6.07) is 11.2. The Morgan fingerprint density at radius 2 is 1.97 bits per heavy atom. The number of halogens is 2. The zero-order valence-electron chi connectivity index (χ0n) is 17.1. The Bertz CT molecular complexity index is 1300. The van der Waals surface area contributed by atoms with Crippen LogP contribution in [0.5, 0.6) is 0 Å². The van der Waals surface area contributed by atoms with E-state index in [0.29, 0.717) is 24.2 Å². The van der Waals surface area contributed by atoms with Crippen LogP contribution in [0.4, 0.5) is 8.78 Å². The second-order valence-electron chi connectivity index (χ2n) is 7.97. The number of alkyl halides is 2. The van der Waals surface area contributed by atoms with Crippen molar-refractivity contribution in [2.75, 3.05) is 13.1 Å². The number of fused-ring (bicyclic) bond motifs is 1. The SMILES string of the molecule is NC(=O)c1nn(-c2cccnc2)c2ccc(-c3cncc(CN4CCC(F)(F)C4)c3)cc12. The number of carbonyl (C=O) groups is 1. The molecule has 1 fully saturated rings. The molecule has 5 rings (SSSR count). The number of benzene rings is 1. The summed E-state index contributed by atoms with van der Waals surface area (Å²) >= 11 is 0. The Morgan fingerprint density at radius 1 is 1.09 bits per heavy atom. The molecule has 0 aliphatic carbocycles. The van der Waals surface area contributed by atoms with E-state index in [-0.39, 0.29) is 18.7 Å². The normalized spacial score (nSPS) is 15.9. The Balaban J connectivity index is 1.51. The van der Waals surface area contributed by atoms with Gasteiger partial charge < -0.3 is 5.73 Å². The van der Waals surface area contributed by atoms with E-state index in [9.17, 15) is 13.6 Å². The lowest BCUT2D eigenvalue weighted by molar-refractivity contribution is 0.0115. The molecule has 0 unspecified atom stereocenters. The lowest BCUT2D eigenvalue weighted by Gasteiger charge is -2.15. The van der Waals surface area contributed by atoms with E-state index in [1.807, 2.05) is 30.3 Å². The van der Waals surface area contributed by atoms with E-state index in [1.165, 1.54) is 0 Å². The first-order valence-electron chi connectivity index (χ1n) is 10.2. The van der Waals surface area contributed by atoms with Gasteiger partial charge in [0.05, 0.1) is 23.9 Å². The molecule has 2 N–H and O–H groups in total. The average molecular weight is 434 g/mol. The maximum Gasteiger partial charge on any atom is 0.269 e. The molecule has 0 bridgehead atoms. The number of pyridine rings is 2. The van der Waals surface area contributed by atoms with Crippen molar-refractivity contribution in [3.8, 4) is 16.8 Å². The largest absolute Gasteiger partial charge is 0.364 e. The number of rotatable bonds is 5. The third-order valence-corrected chi connectivity index (χ3v) is 5.59. The van der Waals surface area contributed by atoms with Crippen molar-refractivity contribution in [2.24, 2.45) is 5.73 Å². The predicted molar refractivity (Wildman–Crippen MR) is 115 cm³/mol. The fraction of sp³-hybridized carbons (Fsp3) is 0.217. The maximum atomic E-state index is 13.5. The first-order valence-corrected chi connectivity index (χ1v) is 10.2. The number of hydrogen-bond donors (Lipinski definition) is 1. The summed E-state index contributed by atoms with van der Waals surface area (Å²) in [5.74, 6) is -3.26. The minimum absolute atomic E-state index is 0.117. The van der Waals surface area contributed by atoms with Gasteiger partial charge in [0.15, 0.2) is 5.69 Å². The van der Waals surface area contributed by atoms with Crippen LogP contribution in [0, 0.1) is 0 Å². The van der Waals surface area contributed by atoms with Gasteiger partial charge in [-0.3, -0.25) is 19.7 Å². The summed E-state index contributed by atoms with van der Waals surface area (Å²) in [6.45, 7) is 0.529. The first kappa shape index (κ1) is 20.2. The highest BCUT2D eigenvalue weighted by Gasteiger charge is 2.37. The Hall–Kier alpha value is -3.72. The predicted octanol–water partition coefficient (Wildman–Crippen LogP) is 3.42. The zero-order chi connectivity index (χ0) is 22.3. The first-order chi connectivity index (χ1) is 15.4. The number of likely N-dealkylation sites (tertiary alicyclic amines) is 1. The molecule has 1 aliphatic heterocycles. The molecule has 32 heavy (non-hydrogen) atoms. The van der Waals surface area contributed by atoms with Gasteiger partial charge in [-0.05, 0) is 41.5 Å². The van der Waals surface area contributed by atoms with Gasteiger partial charge in [-0.1, -0.05) is 6.07 Å². The van der Waals surface area contributed by atoms with Gasteiger partial charge in [0.1, 0.15) is 0 Å². The molecule has 162 valence electrons. The van der Waals surface area contributed by atoms with Gasteiger partial charge in [0.25, 0.3) is 11.8 Å². The molecule has 9 heteroatoms. The Labute approximate surface area is 182 Å². The van der Waals surface area contributed by atoms with E-state index in [0.717, 1.165) is 22.2 Å². The molecule has 1 saturated heterocycles. The van der Waals surface area contributed by atoms with Crippen molar-refractivity contribution in [1.82, 2.24) is 24.6 Å². The molecular weight excluding hydrogens is 414 g/mol. The smallest absolute Gasteiger partial charge is 0.269 e. The highest BCUT2D eigenvalue weighted by Crippen LogP contribution is 2.30. The summed E-state index contributed by atoms with van der Waals surface area (Å²) < 4.78 is 28.7. The summed E-state index contributed by atoms with van der Waals surface area (Å²) in [6.07, 6.45) is 6.59. The fourth-order valence-electron chi connectivity index (χ4n) is 4.09. The number of amides is 1. The average Bonchev–Trinajstić information content (AvgIpc) is 3.34. The van der Waals surface area contributed by atoms with Gasteiger partial charge in [-0.15, -0.1) is 0 Å². The van der Waals surface area contributed by atoms with E-state index in [2.05, 4.69) is 15.1 Å². The molecule has 0 spiro atoms. The van der Waals surface area contributed by atoms with Crippen LogP contribution >= 0.6 is 0 Å². The van der Waals surface area contributed by atoms with E-state index in [1.54, 1.807) is 40.4 Å². The third-order valence-electron chi connectivity index (χ3n) is 5.59. The van der Waals surface area contributed by atoms with Gasteiger partial charge in [0, 0.05) is 49.1 Å². The fourth-order valence-corrected chi connectivity index (χ4v) is 4.09. The molecule has 7 nitrogen and oxygen atoms in total. The number of carbonyl (C=O) groups excluding carboxylic acids is 1. The minimum Gasteiger partial charge on any atom is -0.364 e. The number of aromatic nitrogens is 4. The molecule has 0 radical (unpaired) electrons. The van der Waals surface area contributed by atoms with Crippen LogP contribution in [0.3, 0.4) is 0 Å². The second kappa shape index (κ2) is 7.76. The molecule has 0 atom stereocenters. The van der Waals surface area contributed by atoms with Crippen LogP contribution in [0.15, 0.2) is 61.2 Å². The van der Waals surface area contributed by atoms with Crippen molar-refractivity contribution in [3.63, 3.8) is 0 Å². The van der Waals surface area contributed by atoms with Crippen molar-refractivity contribution < 1.29 is 13.6 Å². The van der Waals surface area contributed by atoms with E-state index in [4.69, 9.17) is 5.73 Å². The third kappa shape index (κ3) is 3.82. The second-order valence-corrected chi connectivity index (χ2v) is 7.97. The number of primary amides is 1. The minimum atomic E-state index is -2.63. The molecule has 0 saturated carbocycles. The van der Waals surface area contributed by atoms with Crippen LogP contribution < -0.4 is 5.73 Å². The lowest BCUT2D eigenvalue weighted by Crippen LogP contribution is -2.24. The van der Waals surface area contributed by atoms with E-state index < -0.39 is 11.8 Å². The molecule has 1 amide bonds. The maximum absolute atomic E-state index is 13.5. The summed E-state index contributed by atoms with van der Waals surface area (Å²) in [7, 11) is 0. The van der Waals surface area contributed by atoms with Crippen LogP contribution in [0.25, 0.3) is 27.7 Å².